The smallest absolute Gasteiger partial charge is 0.344 e. The van der Waals surface area contributed by atoms with Crippen LogP contribution in [0, 0.1) is 98.6 Å². The second kappa shape index (κ2) is 25.6. The fourth-order valence-electron chi connectivity index (χ4n) is 15.8. The first kappa shape index (κ1) is 68.0. The number of ether oxygens (including phenoxy) is 12. The molecule has 8 bridgehead atoms. The van der Waals surface area contributed by atoms with Crippen LogP contribution in [0.1, 0.15) is 168 Å². The summed E-state index contributed by atoms with van der Waals surface area (Å²) in [7, 11) is 0. The number of hydrogen-bond acceptors (Lipinski definition) is 24. The Labute approximate surface area is 525 Å². The van der Waals surface area contributed by atoms with Crippen molar-refractivity contribution in [2.75, 3.05) is 26.4 Å². The maximum atomic E-state index is 12.1. The Bertz CT molecular complexity index is 2780. The molecule has 24 nitrogen and oxygen atoms in total. The summed E-state index contributed by atoms with van der Waals surface area (Å²) < 4.78 is 63.6. The molecule has 4 saturated heterocycles. The Balaban J connectivity index is 0.000000142. The highest BCUT2D eigenvalue weighted by Gasteiger charge is 2.71. The summed E-state index contributed by atoms with van der Waals surface area (Å²) in [6.45, 7) is 24.0. The van der Waals surface area contributed by atoms with Gasteiger partial charge in [0.15, 0.2) is 26.4 Å². The minimum Gasteiger partial charge on any atom is -0.458 e. The molecule has 0 aromatic carbocycles. The number of hydrogen-bond donors (Lipinski definition) is 0. The molecule has 0 spiro atoms. The molecule has 12 rings (SSSR count). The summed E-state index contributed by atoms with van der Waals surface area (Å²) in [5.41, 5.74) is -3.17. The number of carbonyl (C=O) groups is 12. The molecule has 4 aliphatic heterocycles. The van der Waals surface area contributed by atoms with Crippen LogP contribution in [0.15, 0.2) is 0 Å². The zero-order chi connectivity index (χ0) is 66.1. The summed E-state index contributed by atoms with van der Waals surface area (Å²) in [5.74, 6) is -3.12. The number of fused-ring (bicyclic) bond motifs is 4. The predicted molar refractivity (Wildman–Crippen MR) is 307 cm³/mol. The first-order valence-corrected chi connectivity index (χ1v) is 32.4. The van der Waals surface area contributed by atoms with Crippen molar-refractivity contribution in [2.24, 2.45) is 98.6 Å². The van der Waals surface area contributed by atoms with Crippen LogP contribution in [0.4, 0.5) is 0 Å². The fraction of sp³-hybridized carbons (Fsp3) is 0.818. The molecule has 12 aliphatic rings. The summed E-state index contributed by atoms with van der Waals surface area (Å²) in [5, 5.41) is 0. The lowest BCUT2D eigenvalue weighted by Crippen LogP contribution is -2.46. The van der Waals surface area contributed by atoms with Crippen molar-refractivity contribution in [3.05, 3.63) is 0 Å². The third-order valence-electron chi connectivity index (χ3n) is 22.8. The lowest BCUT2D eigenvalue weighted by molar-refractivity contribution is -0.181. The maximum absolute atomic E-state index is 12.1. The van der Waals surface area contributed by atoms with Crippen LogP contribution < -0.4 is 0 Å². The van der Waals surface area contributed by atoms with E-state index in [1.54, 1.807) is 55.4 Å². The van der Waals surface area contributed by atoms with Crippen LogP contribution in [0.3, 0.4) is 0 Å². The van der Waals surface area contributed by atoms with E-state index in [2.05, 4.69) is 0 Å². The highest BCUT2D eigenvalue weighted by molar-refractivity contribution is 5.84. The highest BCUT2D eigenvalue weighted by atomic mass is 16.6. The van der Waals surface area contributed by atoms with E-state index in [1.165, 1.54) is 0 Å². The number of rotatable bonds is 20. The van der Waals surface area contributed by atoms with Gasteiger partial charge in [-0.05, 0) is 139 Å². The highest BCUT2D eigenvalue weighted by Crippen LogP contribution is 2.62. The van der Waals surface area contributed by atoms with E-state index in [0.29, 0.717) is 25.7 Å². The van der Waals surface area contributed by atoms with Gasteiger partial charge in [0.2, 0.25) is 0 Å². The Morgan fingerprint density at radius 1 is 0.422 bits per heavy atom. The topological polar surface area (TPSA) is 316 Å². The first-order valence-electron chi connectivity index (χ1n) is 32.4. The van der Waals surface area contributed by atoms with Crippen LogP contribution in [0.5, 0.6) is 0 Å². The van der Waals surface area contributed by atoms with Crippen LogP contribution >= 0.6 is 0 Å². The average molecular weight is 1270 g/mol. The van der Waals surface area contributed by atoms with Gasteiger partial charge < -0.3 is 56.8 Å². The Hall–Kier alpha value is -6.36. The van der Waals surface area contributed by atoms with Crippen molar-refractivity contribution in [1.29, 1.82) is 0 Å². The van der Waals surface area contributed by atoms with E-state index < -0.39 is 100 Å². The SMILES string of the molecule is CCC(C)(C)C(=O)OCC(=O)OC1C2CC3C(=O)OC1(C)C3C2.CCC(C)(C)C(=O)OCC(=O)OC1C2CC3C(=O)OC1C3C2.CCC(C)(C)C(=O)OCC(=O)OC1C2CC3C(=O)OC1C3C2.CCC(C)(C)C(=O)OCC(=O)OC1C2CC3C1OC(=O)C3C2C. The minimum absolute atomic E-state index is 0.00636. The lowest BCUT2D eigenvalue weighted by Gasteiger charge is -2.34. The van der Waals surface area contributed by atoms with Gasteiger partial charge in [0.1, 0.15) is 48.3 Å². The molecule has 0 aromatic heterocycles. The van der Waals surface area contributed by atoms with Gasteiger partial charge in [0, 0.05) is 47.3 Å². The van der Waals surface area contributed by atoms with Gasteiger partial charge in [0.25, 0.3) is 0 Å². The van der Waals surface area contributed by atoms with Gasteiger partial charge in [-0.15, -0.1) is 0 Å². The molecule has 0 radical (unpaired) electrons. The van der Waals surface area contributed by atoms with E-state index in [1.807, 2.05) is 41.5 Å². The van der Waals surface area contributed by atoms with Crippen molar-refractivity contribution in [3.63, 3.8) is 0 Å². The molecule has 500 valence electrons. The molecule has 21 atom stereocenters. The minimum atomic E-state index is -0.715. The zero-order valence-electron chi connectivity index (χ0n) is 54.5. The van der Waals surface area contributed by atoms with Gasteiger partial charge >= 0.3 is 71.6 Å². The van der Waals surface area contributed by atoms with E-state index in [-0.39, 0.29) is 145 Å². The maximum Gasteiger partial charge on any atom is 0.344 e. The molecule has 4 heterocycles. The number of esters is 12. The summed E-state index contributed by atoms with van der Waals surface area (Å²) >= 11 is 0. The second-order valence-corrected chi connectivity index (χ2v) is 29.7. The van der Waals surface area contributed by atoms with Crippen molar-refractivity contribution in [1.82, 2.24) is 0 Å². The summed E-state index contributed by atoms with van der Waals surface area (Å²) in [4.78, 5) is 142. The van der Waals surface area contributed by atoms with Gasteiger partial charge in [-0.1, -0.05) is 34.6 Å². The molecule has 12 fully saturated rings. The van der Waals surface area contributed by atoms with Crippen molar-refractivity contribution >= 4 is 71.6 Å². The molecule has 90 heavy (non-hydrogen) atoms. The molecule has 0 N–H and O–H groups in total. The van der Waals surface area contributed by atoms with E-state index in [0.717, 1.165) is 44.9 Å². The van der Waals surface area contributed by atoms with Gasteiger partial charge in [-0.25, -0.2) is 19.2 Å². The van der Waals surface area contributed by atoms with Gasteiger partial charge in [-0.3, -0.25) is 38.4 Å². The van der Waals surface area contributed by atoms with E-state index >= 15 is 0 Å². The molecule has 8 saturated carbocycles. The molecule has 8 aliphatic carbocycles. The third-order valence-corrected chi connectivity index (χ3v) is 22.8. The molecular formula is C66H92O24. The van der Waals surface area contributed by atoms with Gasteiger partial charge in [0.05, 0.1) is 45.3 Å². The van der Waals surface area contributed by atoms with Crippen molar-refractivity contribution < 1.29 is 114 Å². The van der Waals surface area contributed by atoms with Crippen LogP contribution in [0.25, 0.3) is 0 Å². The quantitative estimate of drug-likeness (QED) is 0.0930. The van der Waals surface area contributed by atoms with Crippen molar-refractivity contribution in [2.45, 2.75) is 216 Å². The zero-order valence-corrected chi connectivity index (χ0v) is 54.5. The van der Waals surface area contributed by atoms with Crippen molar-refractivity contribution in [3.8, 4) is 0 Å². The third kappa shape index (κ3) is 12.9. The second-order valence-electron chi connectivity index (χ2n) is 29.7. The molecule has 24 heteroatoms. The number of carbonyl (C=O) groups excluding carboxylic acids is 12. The summed E-state index contributed by atoms with van der Waals surface area (Å²) in [6.07, 6.45) is 5.68. The first-order chi connectivity index (χ1) is 42.1. The Morgan fingerprint density at radius 3 is 1.18 bits per heavy atom. The van der Waals surface area contributed by atoms with Crippen LogP contribution in [-0.2, 0) is 114 Å². The molecule has 0 amide bonds. The Morgan fingerprint density at radius 2 is 0.778 bits per heavy atom. The Kier molecular flexibility index (Phi) is 19.4. The monoisotopic (exact) mass is 1270 g/mol. The summed E-state index contributed by atoms with van der Waals surface area (Å²) in [6, 6.07) is 0. The van der Waals surface area contributed by atoms with E-state index in [9.17, 15) is 57.5 Å². The molecule has 21 unspecified atom stereocenters. The largest absolute Gasteiger partial charge is 0.458 e. The fourth-order valence-corrected chi connectivity index (χ4v) is 15.8. The normalized spacial score (nSPS) is 36.6. The van der Waals surface area contributed by atoms with Crippen LogP contribution in [-0.4, -0.2) is 146 Å². The molecule has 0 aromatic rings. The molecular weight excluding hydrogens is 1180 g/mol. The predicted octanol–water partition coefficient (Wildman–Crippen LogP) is 6.47. The standard InChI is InChI=1S/2C17H24O6.2C16H22O6/c1-5-16(2,3)15(20)21-8-12(18)22-13-9-6-10-11(7-9)17(13,4)23-14(10)19;1-5-17(3,4)16(20)21-7-11(18)22-13-9-6-10-12(8(9)2)15(19)23-14(10)13;2*1-4-16(2,3)15(19)20-7-11(17)21-12-8-5-9-10(6-8)14(18)22-13(9)12/h9-11,13H,5-8H2,1-4H3;8-10,12-14H,5-7H2,1-4H3;2*8-10,12-13H,4-7H2,1-3H3. The van der Waals surface area contributed by atoms with Crippen LogP contribution in [0.2, 0.25) is 0 Å². The van der Waals surface area contributed by atoms with Gasteiger partial charge in [-0.2, -0.15) is 0 Å². The lowest BCUT2D eigenvalue weighted by atomic mass is 9.79. The average Bonchev–Trinajstić information content (AvgIpc) is 1.57. The van der Waals surface area contributed by atoms with E-state index in [4.69, 9.17) is 56.8 Å².